The maximum Gasteiger partial charge on any atom is 0.134 e. The Morgan fingerprint density at radius 1 is 1.10 bits per heavy atom. The van der Waals surface area contributed by atoms with E-state index in [1.54, 1.807) is 12.1 Å². The summed E-state index contributed by atoms with van der Waals surface area (Å²) in [6, 6.07) is 14.3. The lowest BCUT2D eigenvalue weighted by atomic mass is 10.0. The van der Waals surface area contributed by atoms with Crippen LogP contribution in [-0.4, -0.2) is 5.11 Å². The molecule has 0 aliphatic carbocycles. The molecule has 0 saturated carbocycles. The maximum atomic E-state index is 13.1. The van der Waals surface area contributed by atoms with Gasteiger partial charge in [0, 0.05) is 5.39 Å². The van der Waals surface area contributed by atoms with Crippen LogP contribution in [-0.2, 0) is 6.42 Å². The van der Waals surface area contributed by atoms with Crippen molar-refractivity contribution in [1.82, 2.24) is 0 Å². The van der Waals surface area contributed by atoms with E-state index in [4.69, 9.17) is 4.42 Å². The van der Waals surface area contributed by atoms with Crippen LogP contribution in [0.25, 0.3) is 11.0 Å². The Bertz CT molecular complexity index is 744. The van der Waals surface area contributed by atoms with Crippen LogP contribution < -0.4 is 0 Å². The van der Waals surface area contributed by atoms with Gasteiger partial charge in [-0.25, -0.2) is 4.39 Å². The quantitative estimate of drug-likeness (QED) is 0.762. The van der Waals surface area contributed by atoms with Crippen molar-refractivity contribution in [3.8, 4) is 0 Å². The molecule has 0 aliphatic heterocycles. The molecule has 2 nitrogen and oxygen atoms in total. The summed E-state index contributed by atoms with van der Waals surface area (Å²) in [4.78, 5) is 0. The number of hydrogen-bond acceptors (Lipinski definition) is 2. The van der Waals surface area contributed by atoms with E-state index in [0.29, 0.717) is 23.2 Å². The highest BCUT2D eigenvalue weighted by molar-refractivity contribution is 5.77. The summed E-state index contributed by atoms with van der Waals surface area (Å²) in [5, 5.41) is 10.9. The van der Waals surface area contributed by atoms with Crippen LogP contribution in [0.3, 0.4) is 0 Å². The standard InChI is InChI=1S/C18H17FO2/c1-12-2-4-13(5-3-12)6-8-16(20)18-11-14-10-15(19)7-9-17(14)21-18/h2-5,7,9-11,16,20H,6,8H2,1H3. The second-order valence-corrected chi connectivity index (χ2v) is 5.37. The number of halogens is 1. The third kappa shape index (κ3) is 3.14. The first-order valence-electron chi connectivity index (χ1n) is 7.04. The maximum absolute atomic E-state index is 13.1. The molecular weight excluding hydrogens is 267 g/mol. The molecule has 0 spiro atoms. The summed E-state index contributed by atoms with van der Waals surface area (Å²) >= 11 is 0. The van der Waals surface area contributed by atoms with E-state index in [2.05, 4.69) is 24.3 Å². The van der Waals surface area contributed by atoms with Gasteiger partial charge in [0.15, 0.2) is 0 Å². The van der Waals surface area contributed by atoms with Crippen LogP contribution >= 0.6 is 0 Å². The van der Waals surface area contributed by atoms with Crippen molar-refractivity contribution in [2.75, 3.05) is 0 Å². The van der Waals surface area contributed by atoms with Crippen LogP contribution in [0.2, 0.25) is 0 Å². The first kappa shape index (κ1) is 13.8. The molecule has 21 heavy (non-hydrogen) atoms. The van der Waals surface area contributed by atoms with E-state index >= 15 is 0 Å². The minimum absolute atomic E-state index is 0.302. The average molecular weight is 284 g/mol. The number of fused-ring (bicyclic) bond motifs is 1. The Kier molecular flexibility index (Phi) is 3.76. The molecule has 0 fully saturated rings. The third-order valence-electron chi connectivity index (χ3n) is 3.65. The van der Waals surface area contributed by atoms with Gasteiger partial charge >= 0.3 is 0 Å². The molecule has 1 unspecified atom stereocenters. The predicted molar refractivity (Wildman–Crippen MR) is 80.6 cm³/mol. The van der Waals surface area contributed by atoms with Gasteiger partial charge in [0.2, 0.25) is 0 Å². The van der Waals surface area contributed by atoms with Crippen molar-refractivity contribution in [1.29, 1.82) is 0 Å². The molecule has 108 valence electrons. The summed E-state index contributed by atoms with van der Waals surface area (Å²) in [6.45, 7) is 2.05. The van der Waals surface area contributed by atoms with Crippen LogP contribution in [0.5, 0.6) is 0 Å². The number of furan rings is 1. The van der Waals surface area contributed by atoms with Gasteiger partial charge in [-0.15, -0.1) is 0 Å². The number of rotatable bonds is 4. The van der Waals surface area contributed by atoms with Gasteiger partial charge < -0.3 is 9.52 Å². The number of aliphatic hydroxyl groups excluding tert-OH is 1. The molecule has 3 rings (SSSR count). The van der Waals surface area contributed by atoms with E-state index in [1.807, 2.05) is 6.92 Å². The van der Waals surface area contributed by atoms with E-state index in [9.17, 15) is 9.50 Å². The van der Waals surface area contributed by atoms with Gasteiger partial charge in [-0.3, -0.25) is 0 Å². The third-order valence-corrected chi connectivity index (χ3v) is 3.65. The monoisotopic (exact) mass is 284 g/mol. The Balaban J connectivity index is 1.71. The smallest absolute Gasteiger partial charge is 0.134 e. The fraction of sp³-hybridized carbons (Fsp3) is 0.222. The lowest BCUT2D eigenvalue weighted by Gasteiger charge is -2.07. The van der Waals surface area contributed by atoms with Crippen molar-refractivity contribution >= 4 is 11.0 Å². The van der Waals surface area contributed by atoms with Gasteiger partial charge in [-0.2, -0.15) is 0 Å². The molecule has 3 heteroatoms. The van der Waals surface area contributed by atoms with E-state index in [-0.39, 0.29) is 5.82 Å². The van der Waals surface area contributed by atoms with Crippen LogP contribution in [0, 0.1) is 12.7 Å². The van der Waals surface area contributed by atoms with E-state index < -0.39 is 6.10 Å². The largest absolute Gasteiger partial charge is 0.458 e. The number of aryl methyl sites for hydroxylation is 2. The molecular formula is C18H17FO2. The molecule has 1 atom stereocenters. The molecule has 2 aromatic carbocycles. The van der Waals surface area contributed by atoms with Crippen molar-refractivity contribution in [3.05, 3.63) is 71.2 Å². The van der Waals surface area contributed by atoms with E-state index in [0.717, 1.165) is 6.42 Å². The van der Waals surface area contributed by atoms with E-state index in [1.165, 1.54) is 23.3 Å². The van der Waals surface area contributed by atoms with Gasteiger partial charge in [0.05, 0.1) is 0 Å². The molecule has 3 aromatic rings. The number of benzene rings is 2. The SMILES string of the molecule is Cc1ccc(CCC(O)c2cc3cc(F)ccc3o2)cc1. The molecule has 0 amide bonds. The molecule has 0 aliphatic rings. The minimum Gasteiger partial charge on any atom is -0.458 e. The zero-order chi connectivity index (χ0) is 14.8. The molecule has 0 bridgehead atoms. The predicted octanol–water partition coefficient (Wildman–Crippen LogP) is 4.55. The minimum atomic E-state index is -0.679. The molecule has 1 heterocycles. The average Bonchev–Trinajstić information content (AvgIpc) is 2.89. The lowest BCUT2D eigenvalue weighted by Crippen LogP contribution is -1.98. The molecule has 1 N–H and O–H groups in total. The van der Waals surface area contributed by atoms with Crippen LogP contribution in [0.15, 0.2) is 52.9 Å². The Labute approximate surface area is 122 Å². The van der Waals surface area contributed by atoms with Crippen molar-refractivity contribution in [2.24, 2.45) is 0 Å². The fourth-order valence-corrected chi connectivity index (χ4v) is 2.40. The lowest BCUT2D eigenvalue weighted by molar-refractivity contribution is 0.143. The molecule has 1 aromatic heterocycles. The summed E-state index contributed by atoms with van der Waals surface area (Å²) in [7, 11) is 0. The molecule has 0 saturated heterocycles. The molecule has 0 radical (unpaired) electrons. The summed E-state index contributed by atoms with van der Waals surface area (Å²) in [6.07, 6.45) is 0.667. The Morgan fingerprint density at radius 2 is 1.86 bits per heavy atom. The zero-order valence-electron chi connectivity index (χ0n) is 11.8. The highest BCUT2D eigenvalue weighted by Gasteiger charge is 2.13. The number of aliphatic hydroxyl groups is 1. The van der Waals surface area contributed by atoms with Crippen LogP contribution in [0.1, 0.15) is 29.4 Å². The number of hydrogen-bond donors (Lipinski definition) is 1. The second kappa shape index (κ2) is 5.70. The highest BCUT2D eigenvalue weighted by atomic mass is 19.1. The topological polar surface area (TPSA) is 33.4 Å². The fourth-order valence-electron chi connectivity index (χ4n) is 2.40. The van der Waals surface area contributed by atoms with Gasteiger partial charge in [-0.1, -0.05) is 29.8 Å². The summed E-state index contributed by atoms with van der Waals surface area (Å²) in [5.41, 5.74) is 3.00. The second-order valence-electron chi connectivity index (χ2n) is 5.37. The van der Waals surface area contributed by atoms with Gasteiger partial charge in [0.25, 0.3) is 0 Å². The first-order chi connectivity index (χ1) is 10.1. The van der Waals surface area contributed by atoms with Crippen molar-refractivity contribution in [2.45, 2.75) is 25.9 Å². The summed E-state index contributed by atoms with van der Waals surface area (Å²) in [5.74, 6) is 0.187. The first-order valence-corrected chi connectivity index (χ1v) is 7.04. The Morgan fingerprint density at radius 3 is 2.62 bits per heavy atom. The Hall–Kier alpha value is -2.13. The van der Waals surface area contributed by atoms with Gasteiger partial charge in [0.1, 0.15) is 23.3 Å². The van der Waals surface area contributed by atoms with Gasteiger partial charge in [-0.05, 0) is 49.6 Å². The van der Waals surface area contributed by atoms with Crippen molar-refractivity contribution < 1.29 is 13.9 Å². The van der Waals surface area contributed by atoms with Crippen molar-refractivity contribution in [3.63, 3.8) is 0 Å². The summed E-state index contributed by atoms with van der Waals surface area (Å²) < 4.78 is 18.7. The normalized spacial score (nSPS) is 12.7. The highest BCUT2D eigenvalue weighted by Crippen LogP contribution is 2.27. The zero-order valence-corrected chi connectivity index (χ0v) is 11.8. The van der Waals surface area contributed by atoms with Crippen LogP contribution in [0.4, 0.5) is 4.39 Å².